The summed E-state index contributed by atoms with van der Waals surface area (Å²) in [6.45, 7) is 2.94. The highest BCUT2D eigenvalue weighted by Crippen LogP contribution is 2.68. The van der Waals surface area contributed by atoms with Crippen LogP contribution in [0.5, 0.6) is 5.75 Å². The molecule has 0 heterocycles. The van der Waals surface area contributed by atoms with Crippen LogP contribution < -0.4 is 0 Å². The first-order valence-electron chi connectivity index (χ1n) is 12.5. The average molecular weight is 497 g/mol. The highest BCUT2D eigenvalue weighted by Gasteiger charge is 2.69. The topological polar surface area (TPSA) is 141 Å². The van der Waals surface area contributed by atoms with Gasteiger partial charge in [0.05, 0.1) is 11.5 Å². The molecule has 1 aromatic carbocycles. The van der Waals surface area contributed by atoms with E-state index in [1.807, 2.05) is 13.8 Å². The molecular weight excluding hydrogens is 464 g/mol. The van der Waals surface area contributed by atoms with Crippen molar-refractivity contribution in [3.05, 3.63) is 53.3 Å². The first-order chi connectivity index (χ1) is 17.0. The van der Waals surface area contributed by atoms with Crippen LogP contribution in [0.2, 0.25) is 0 Å². The smallest absolute Gasteiger partial charge is 0.347 e. The molecule has 4 aliphatic rings. The van der Waals surface area contributed by atoms with Crippen LogP contribution >= 0.6 is 0 Å². The summed E-state index contributed by atoms with van der Waals surface area (Å²) in [7, 11) is 0. The van der Waals surface area contributed by atoms with Gasteiger partial charge in [0.15, 0.2) is 11.6 Å². The molecule has 0 bridgehead atoms. The standard InChI is InChI=1S/C28H32O8/c1-26-13-21(32)24-17(19(26)9-10-28(26,35)22(33)14-29)8-7-15-11-16(30)12-23(27(15,24)2)36-25(34)18-5-3-4-6-20(18)31/h3-6,11-12,17,19,21,24,29,31-32,35H,7-10,13-14H2,1-2H3/t17-,19-,21-,24+,26-,27+,28-/m0/s1. The number of ether oxygens (including phenoxy) is 1. The van der Waals surface area contributed by atoms with Crippen LogP contribution in [0.25, 0.3) is 0 Å². The number of aliphatic hydroxyl groups excluding tert-OH is 2. The molecule has 4 N–H and O–H groups in total. The van der Waals surface area contributed by atoms with Crippen LogP contribution in [-0.2, 0) is 14.3 Å². The minimum absolute atomic E-state index is 0.0296. The van der Waals surface area contributed by atoms with Gasteiger partial charge in [0, 0.05) is 17.4 Å². The average Bonchev–Trinajstić information content (AvgIpc) is 3.10. The summed E-state index contributed by atoms with van der Waals surface area (Å²) in [4.78, 5) is 38.2. The number of esters is 1. The van der Waals surface area contributed by atoms with E-state index in [0.717, 1.165) is 5.57 Å². The number of ketones is 2. The van der Waals surface area contributed by atoms with Crippen LogP contribution in [-0.4, -0.2) is 56.3 Å². The van der Waals surface area contributed by atoms with Crippen molar-refractivity contribution in [2.24, 2.45) is 28.6 Å². The molecule has 0 unspecified atom stereocenters. The number of hydrogen-bond acceptors (Lipinski definition) is 8. The lowest BCUT2D eigenvalue weighted by atomic mass is 9.45. The molecule has 0 aromatic heterocycles. The van der Waals surface area contributed by atoms with Gasteiger partial charge in [-0.15, -0.1) is 0 Å². The van der Waals surface area contributed by atoms with E-state index < -0.39 is 46.8 Å². The van der Waals surface area contributed by atoms with Gasteiger partial charge in [0.1, 0.15) is 29.3 Å². The number of Topliss-reactive ketones (excluding diaryl/α,β-unsaturated/α-hetero) is 1. The number of carbonyl (C=O) groups is 3. The van der Waals surface area contributed by atoms with E-state index in [9.17, 15) is 34.8 Å². The molecule has 5 rings (SSSR count). The van der Waals surface area contributed by atoms with Crippen molar-refractivity contribution in [3.8, 4) is 5.75 Å². The Labute approximate surface area is 209 Å². The maximum absolute atomic E-state index is 13.0. The number of carbonyl (C=O) groups excluding carboxylic acids is 3. The Kier molecular flexibility index (Phi) is 5.78. The number of rotatable bonds is 4. The number of benzene rings is 1. The molecule has 3 fully saturated rings. The molecule has 8 heteroatoms. The first kappa shape index (κ1) is 24.9. The van der Waals surface area contributed by atoms with E-state index in [1.54, 1.807) is 18.2 Å². The lowest BCUT2D eigenvalue weighted by Gasteiger charge is -2.60. The summed E-state index contributed by atoms with van der Waals surface area (Å²) in [5.74, 6) is -2.45. The molecule has 0 spiro atoms. The molecule has 7 atom stereocenters. The zero-order chi connectivity index (χ0) is 26.0. The second-order valence-electron chi connectivity index (χ2n) is 11.2. The molecular formula is C28H32O8. The van der Waals surface area contributed by atoms with E-state index in [4.69, 9.17) is 4.74 Å². The molecule has 0 saturated heterocycles. The number of hydrogen-bond donors (Lipinski definition) is 4. The maximum Gasteiger partial charge on any atom is 0.347 e. The van der Waals surface area contributed by atoms with Gasteiger partial charge >= 0.3 is 5.97 Å². The summed E-state index contributed by atoms with van der Waals surface area (Å²) in [6, 6.07) is 6.00. The third kappa shape index (κ3) is 3.27. The van der Waals surface area contributed by atoms with Gasteiger partial charge in [0.2, 0.25) is 0 Å². The number of para-hydroxylation sites is 1. The molecule has 0 radical (unpaired) electrons. The van der Waals surface area contributed by atoms with E-state index >= 15 is 0 Å². The van der Waals surface area contributed by atoms with Gasteiger partial charge in [-0.3, -0.25) is 9.59 Å². The van der Waals surface area contributed by atoms with Crippen LogP contribution in [0.4, 0.5) is 0 Å². The van der Waals surface area contributed by atoms with Crippen molar-refractivity contribution < 1.29 is 39.5 Å². The highest BCUT2D eigenvalue weighted by molar-refractivity contribution is 6.02. The number of phenols is 1. The Balaban J connectivity index is 1.53. The SMILES string of the molecule is C[C@@]12C(=CC(=O)C=C1OC(=O)c1ccccc1O)CC[C@@H]1[C@@H]2[C@@H](O)C[C@@]2(C)[C@H]1CC[C@]2(O)C(=O)CO. The Hall–Kier alpha value is -2.81. The Morgan fingerprint density at radius 2 is 1.86 bits per heavy atom. The highest BCUT2D eigenvalue weighted by atomic mass is 16.5. The van der Waals surface area contributed by atoms with Gasteiger partial charge in [-0.1, -0.05) is 24.6 Å². The molecule has 192 valence electrons. The van der Waals surface area contributed by atoms with Crippen molar-refractivity contribution >= 4 is 17.5 Å². The van der Waals surface area contributed by atoms with Crippen molar-refractivity contribution in [1.29, 1.82) is 0 Å². The van der Waals surface area contributed by atoms with Crippen molar-refractivity contribution in [2.75, 3.05) is 6.61 Å². The Morgan fingerprint density at radius 1 is 1.14 bits per heavy atom. The molecule has 36 heavy (non-hydrogen) atoms. The van der Waals surface area contributed by atoms with E-state index in [1.165, 1.54) is 18.2 Å². The Morgan fingerprint density at radius 3 is 2.56 bits per heavy atom. The monoisotopic (exact) mass is 496 g/mol. The van der Waals surface area contributed by atoms with Crippen LogP contribution in [0.15, 0.2) is 47.7 Å². The molecule has 0 aliphatic heterocycles. The van der Waals surface area contributed by atoms with Gasteiger partial charge in [-0.25, -0.2) is 4.79 Å². The fraction of sp³-hybridized carbons (Fsp3) is 0.536. The number of aromatic hydroxyl groups is 1. The normalized spacial score (nSPS) is 39.3. The fourth-order valence-electron chi connectivity index (χ4n) is 7.93. The minimum atomic E-state index is -1.71. The van der Waals surface area contributed by atoms with Gasteiger partial charge in [0.25, 0.3) is 0 Å². The second kappa shape index (κ2) is 8.36. The third-order valence-corrected chi connectivity index (χ3v) is 9.72. The fourth-order valence-corrected chi connectivity index (χ4v) is 7.93. The van der Waals surface area contributed by atoms with Crippen LogP contribution in [0.1, 0.15) is 56.3 Å². The van der Waals surface area contributed by atoms with Gasteiger partial charge < -0.3 is 25.2 Å². The van der Waals surface area contributed by atoms with Crippen molar-refractivity contribution in [2.45, 2.75) is 57.7 Å². The number of allylic oxidation sites excluding steroid dienone is 3. The van der Waals surface area contributed by atoms with E-state index in [2.05, 4.69) is 0 Å². The summed E-state index contributed by atoms with van der Waals surface area (Å²) in [5, 5.41) is 42.6. The molecule has 4 aliphatic carbocycles. The number of phenolic OH excluding ortho intramolecular Hbond substituents is 1. The summed E-state index contributed by atoms with van der Waals surface area (Å²) in [5.41, 5.74) is -2.84. The lowest BCUT2D eigenvalue weighted by Crippen LogP contribution is -2.62. The quantitative estimate of drug-likeness (QED) is 0.466. The molecule has 8 nitrogen and oxygen atoms in total. The second-order valence-corrected chi connectivity index (χ2v) is 11.2. The number of fused-ring (bicyclic) bond motifs is 5. The number of aliphatic hydroxyl groups is 3. The van der Waals surface area contributed by atoms with Crippen LogP contribution in [0.3, 0.4) is 0 Å². The third-order valence-electron chi connectivity index (χ3n) is 9.72. The zero-order valence-electron chi connectivity index (χ0n) is 20.4. The largest absolute Gasteiger partial charge is 0.507 e. The van der Waals surface area contributed by atoms with Crippen molar-refractivity contribution in [3.63, 3.8) is 0 Å². The summed E-state index contributed by atoms with van der Waals surface area (Å²) >= 11 is 0. The Bertz CT molecular complexity index is 1200. The van der Waals surface area contributed by atoms with Crippen molar-refractivity contribution in [1.82, 2.24) is 0 Å². The minimum Gasteiger partial charge on any atom is -0.507 e. The molecule has 0 amide bonds. The van der Waals surface area contributed by atoms with Crippen LogP contribution in [0, 0.1) is 28.6 Å². The van der Waals surface area contributed by atoms with E-state index in [-0.39, 0.29) is 47.5 Å². The summed E-state index contributed by atoms with van der Waals surface area (Å²) in [6.07, 6.45) is 3.99. The predicted octanol–water partition coefficient (Wildman–Crippen LogP) is 2.45. The molecule has 3 saturated carbocycles. The predicted molar refractivity (Wildman–Crippen MR) is 128 cm³/mol. The lowest BCUT2D eigenvalue weighted by molar-refractivity contribution is -0.180. The maximum atomic E-state index is 13.0. The van der Waals surface area contributed by atoms with Gasteiger partial charge in [-0.2, -0.15) is 0 Å². The zero-order valence-corrected chi connectivity index (χ0v) is 20.4. The van der Waals surface area contributed by atoms with E-state index in [0.29, 0.717) is 19.3 Å². The first-order valence-corrected chi connectivity index (χ1v) is 12.5. The summed E-state index contributed by atoms with van der Waals surface area (Å²) < 4.78 is 5.78. The molecule has 1 aromatic rings. The van der Waals surface area contributed by atoms with Gasteiger partial charge in [-0.05, 0) is 69.1 Å².